The zero-order valence-electron chi connectivity index (χ0n) is 16.0. The molecule has 4 amide bonds. The Hall–Kier alpha value is -3.10. The van der Waals surface area contributed by atoms with Gasteiger partial charge in [-0.05, 0) is 25.0 Å². The van der Waals surface area contributed by atoms with Crippen LogP contribution in [0.4, 0.5) is 4.79 Å². The molecule has 2 atom stereocenters. The van der Waals surface area contributed by atoms with Gasteiger partial charge >= 0.3 is 6.03 Å². The number of carbonyl (C=O) groups excluding carboxylic acids is 3. The van der Waals surface area contributed by atoms with Gasteiger partial charge < -0.3 is 25.4 Å². The lowest BCUT2D eigenvalue weighted by Crippen LogP contribution is -2.55. The minimum Gasteiger partial charge on any atom is -0.345 e. The smallest absolute Gasteiger partial charge is 0.317 e. The Kier molecular flexibility index (Phi) is 4.66. The Morgan fingerprint density at radius 2 is 2.21 bits per heavy atom. The summed E-state index contributed by atoms with van der Waals surface area (Å²) < 4.78 is 0. The number of piperazine rings is 1. The number of urea groups is 1. The topological polar surface area (TPSA) is 110 Å². The first-order chi connectivity index (χ1) is 13.4. The number of H-pyrrole nitrogens is 1. The first-order valence-corrected chi connectivity index (χ1v) is 9.45. The Balaban J connectivity index is 1.32. The number of fused-ring (bicyclic) bond motifs is 2. The van der Waals surface area contributed by atoms with Crippen LogP contribution in [0, 0.1) is 6.92 Å². The van der Waals surface area contributed by atoms with Gasteiger partial charge in [-0.1, -0.05) is 12.1 Å². The summed E-state index contributed by atoms with van der Waals surface area (Å²) in [6.45, 7) is 2.93. The van der Waals surface area contributed by atoms with Gasteiger partial charge in [-0.3, -0.25) is 9.59 Å². The van der Waals surface area contributed by atoms with Crippen molar-refractivity contribution >= 4 is 28.9 Å². The minimum atomic E-state index is -0.476. The number of aromatic amines is 1. The lowest BCUT2D eigenvalue weighted by molar-refractivity contribution is -0.143. The van der Waals surface area contributed by atoms with Crippen LogP contribution in [0.2, 0.25) is 0 Å². The van der Waals surface area contributed by atoms with Gasteiger partial charge in [-0.15, -0.1) is 0 Å². The van der Waals surface area contributed by atoms with Gasteiger partial charge in [-0.2, -0.15) is 0 Å². The van der Waals surface area contributed by atoms with Crippen molar-refractivity contribution in [2.45, 2.75) is 31.8 Å². The maximum atomic E-state index is 12.5. The first-order valence-electron chi connectivity index (χ1n) is 9.45. The monoisotopic (exact) mass is 384 g/mol. The largest absolute Gasteiger partial charge is 0.345 e. The Bertz CT molecular complexity index is 915. The molecular formula is C19H24N6O3. The number of benzene rings is 1. The highest BCUT2D eigenvalue weighted by Gasteiger charge is 2.42. The van der Waals surface area contributed by atoms with Gasteiger partial charge in [0, 0.05) is 26.6 Å². The van der Waals surface area contributed by atoms with E-state index in [9.17, 15) is 14.4 Å². The average Bonchev–Trinajstić information content (AvgIpc) is 3.28. The summed E-state index contributed by atoms with van der Waals surface area (Å²) in [7, 11) is 1.73. The van der Waals surface area contributed by atoms with Crippen molar-refractivity contribution < 1.29 is 14.4 Å². The number of hydrogen-bond donors (Lipinski definition) is 3. The van der Waals surface area contributed by atoms with Crippen molar-refractivity contribution in [2.75, 3.05) is 26.7 Å². The van der Waals surface area contributed by atoms with Crippen LogP contribution in [-0.2, 0) is 16.0 Å². The van der Waals surface area contributed by atoms with Gasteiger partial charge in [0.1, 0.15) is 11.9 Å². The number of hydrogen-bond acceptors (Lipinski definition) is 4. The van der Waals surface area contributed by atoms with E-state index in [0.29, 0.717) is 25.9 Å². The number of aryl methyl sites for hydroxylation is 1. The molecule has 0 bridgehead atoms. The molecule has 9 heteroatoms. The van der Waals surface area contributed by atoms with Gasteiger partial charge in [0.25, 0.3) is 0 Å². The van der Waals surface area contributed by atoms with E-state index in [2.05, 4.69) is 20.6 Å². The average molecular weight is 384 g/mol. The summed E-state index contributed by atoms with van der Waals surface area (Å²) in [5.41, 5.74) is 3.06. The quantitative estimate of drug-likeness (QED) is 0.697. The zero-order valence-corrected chi connectivity index (χ0v) is 16.0. The van der Waals surface area contributed by atoms with Crippen LogP contribution in [0.1, 0.15) is 17.8 Å². The van der Waals surface area contributed by atoms with Crippen LogP contribution in [0.25, 0.3) is 11.0 Å². The fraction of sp³-hybridized carbons (Fsp3) is 0.474. The number of amides is 4. The molecule has 148 valence electrons. The fourth-order valence-corrected chi connectivity index (χ4v) is 3.85. The van der Waals surface area contributed by atoms with Crippen molar-refractivity contribution in [3.63, 3.8) is 0 Å². The molecule has 0 unspecified atom stereocenters. The van der Waals surface area contributed by atoms with E-state index in [4.69, 9.17) is 0 Å². The van der Waals surface area contributed by atoms with Gasteiger partial charge in [0.2, 0.25) is 11.8 Å². The Labute approximate surface area is 162 Å². The molecule has 0 spiro atoms. The molecular weight excluding hydrogens is 360 g/mol. The van der Waals surface area contributed by atoms with Crippen molar-refractivity contribution in [1.29, 1.82) is 0 Å². The molecule has 3 N–H and O–H groups in total. The second-order valence-electron chi connectivity index (χ2n) is 7.49. The van der Waals surface area contributed by atoms with Crippen LogP contribution in [0.3, 0.4) is 0 Å². The number of nitrogens with zero attached hydrogens (tertiary/aromatic N) is 3. The molecule has 2 aromatic rings. The third kappa shape index (κ3) is 3.39. The zero-order chi connectivity index (χ0) is 19.8. The molecule has 1 aromatic carbocycles. The minimum absolute atomic E-state index is 0.0346. The van der Waals surface area contributed by atoms with Crippen molar-refractivity contribution in [2.24, 2.45) is 0 Å². The maximum Gasteiger partial charge on any atom is 0.317 e. The standard InChI is InChI=1S/C19H24N6O3/c1-11-4-3-5-13-17(11)23-15(22-13)6-7-24(2)19(28)21-12-8-14-18(27)20-9-16(26)25(14)10-12/h3-5,12,14H,6-10H2,1-2H3,(H,20,27)(H,21,28)(H,22,23)/t12-,14+/m1/s1. The normalized spacial score (nSPS) is 21.6. The lowest BCUT2D eigenvalue weighted by atomic mass is 10.1. The molecule has 0 radical (unpaired) electrons. The highest BCUT2D eigenvalue weighted by atomic mass is 16.2. The third-order valence-corrected chi connectivity index (χ3v) is 5.46. The number of carbonyl (C=O) groups is 3. The van der Waals surface area contributed by atoms with Crippen LogP contribution < -0.4 is 10.6 Å². The number of likely N-dealkylation sites (N-methyl/N-ethyl adjacent to an activating group) is 1. The summed E-state index contributed by atoms with van der Waals surface area (Å²) in [5, 5.41) is 5.52. The SMILES string of the molecule is Cc1cccc2[nH]c(CCN(C)C(=O)N[C@@H]3C[C@H]4C(=O)NCC(=O)N4C3)nc12. The Morgan fingerprint density at radius 3 is 2.96 bits per heavy atom. The lowest BCUT2D eigenvalue weighted by Gasteiger charge is -2.28. The molecule has 0 aliphatic carbocycles. The van der Waals surface area contributed by atoms with Crippen molar-refractivity contribution in [1.82, 2.24) is 30.4 Å². The summed E-state index contributed by atoms with van der Waals surface area (Å²) in [5.74, 6) is 0.587. The summed E-state index contributed by atoms with van der Waals surface area (Å²) >= 11 is 0. The molecule has 4 rings (SSSR count). The molecule has 2 aliphatic rings. The van der Waals surface area contributed by atoms with E-state index in [0.717, 1.165) is 22.4 Å². The molecule has 2 fully saturated rings. The first kappa shape index (κ1) is 18.3. The van der Waals surface area contributed by atoms with Crippen molar-refractivity contribution in [3.05, 3.63) is 29.6 Å². The van der Waals surface area contributed by atoms with Gasteiger partial charge in [-0.25, -0.2) is 9.78 Å². The van der Waals surface area contributed by atoms with Crippen LogP contribution >= 0.6 is 0 Å². The highest BCUT2D eigenvalue weighted by molar-refractivity contribution is 5.95. The number of imidazole rings is 1. The van der Waals surface area contributed by atoms with Crippen molar-refractivity contribution in [3.8, 4) is 0 Å². The highest BCUT2D eigenvalue weighted by Crippen LogP contribution is 2.21. The van der Waals surface area contributed by atoms with E-state index in [1.807, 2.05) is 25.1 Å². The summed E-state index contributed by atoms with van der Waals surface area (Å²) in [4.78, 5) is 47.4. The number of para-hydroxylation sites is 1. The van der Waals surface area contributed by atoms with Gasteiger partial charge in [0.05, 0.1) is 23.6 Å². The Morgan fingerprint density at radius 1 is 1.39 bits per heavy atom. The predicted octanol–water partition coefficient (Wildman–Crippen LogP) is 0.155. The predicted molar refractivity (Wildman–Crippen MR) is 103 cm³/mol. The molecule has 1 aromatic heterocycles. The fourth-order valence-electron chi connectivity index (χ4n) is 3.85. The second kappa shape index (κ2) is 7.14. The van der Waals surface area contributed by atoms with E-state index in [1.165, 1.54) is 0 Å². The number of nitrogens with one attached hydrogen (secondary N) is 3. The van der Waals surface area contributed by atoms with E-state index < -0.39 is 6.04 Å². The van der Waals surface area contributed by atoms with Crippen LogP contribution in [0.5, 0.6) is 0 Å². The summed E-state index contributed by atoms with van der Waals surface area (Å²) in [6, 6.07) is 5.08. The van der Waals surface area contributed by atoms with E-state index >= 15 is 0 Å². The molecule has 0 saturated carbocycles. The molecule has 3 heterocycles. The van der Waals surface area contributed by atoms with Gasteiger partial charge in [0.15, 0.2) is 0 Å². The molecule has 28 heavy (non-hydrogen) atoms. The number of aromatic nitrogens is 2. The maximum absolute atomic E-state index is 12.5. The second-order valence-corrected chi connectivity index (χ2v) is 7.49. The molecule has 2 aliphatic heterocycles. The summed E-state index contributed by atoms with van der Waals surface area (Å²) in [6.07, 6.45) is 1.05. The third-order valence-electron chi connectivity index (χ3n) is 5.46. The molecule has 2 saturated heterocycles. The number of rotatable bonds is 4. The molecule has 9 nitrogen and oxygen atoms in total. The van der Waals surface area contributed by atoms with Crippen LogP contribution in [-0.4, -0.2) is 76.4 Å². The van der Waals surface area contributed by atoms with E-state index in [-0.39, 0.29) is 30.4 Å². The van der Waals surface area contributed by atoms with Crippen LogP contribution in [0.15, 0.2) is 18.2 Å². The van der Waals surface area contributed by atoms with E-state index in [1.54, 1.807) is 16.8 Å².